The molecular formula is C25H27N3O5S. The second kappa shape index (κ2) is 10.2. The van der Waals surface area contributed by atoms with Gasteiger partial charge in [-0.3, -0.25) is 9.59 Å². The van der Waals surface area contributed by atoms with Gasteiger partial charge in [0.25, 0.3) is 11.8 Å². The third kappa shape index (κ3) is 5.21. The molecule has 3 aromatic rings. The summed E-state index contributed by atoms with van der Waals surface area (Å²) in [6, 6.07) is 14.7. The van der Waals surface area contributed by atoms with Crippen molar-refractivity contribution in [2.75, 3.05) is 18.4 Å². The molecule has 178 valence electrons. The summed E-state index contributed by atoms with van der Waals surface area (Å²) in [4.78, 5) is 26.0. The number of nitrogens with one attached hydrogen (secondary N) is 2. The number of benzene rings is 2. The van der Waals surface area contributed by atoms with Crippen LogP contribution in [0, 0.1) is 6.92 Å². The average molecular weight is 482 g/mol. The van der Waals surface area contributed by atoms with Gasteiger partial charge in [-0.1, -0.05) is 24.6 Å². The zero-order chi connectivity index (χ0) is 24.1. The molecule has 1 fully saturated rings. The minimum absolute atomic E-state index is 0.0922. The number of anilines is 1. The van der Waals surface area contributed by atoms with E-state index in [1.807, 2.05) is 0 Å². The Morgan fingerprint density at radius 2 is 1.71 bits per heavy atom. The Hall–Kier alpha value is -3.43. The smallest absolute Gasteiger partial charge is 0.255 e. The van der Waals surface area contributed by atoms with Crippen molar-refractivity contribution in [2.45, 2.75) is 37.6 Å². The highest BCUT2D eigenvalue weighted by Gasteiger charge is 2.27. The van der Waals surface area contributed by atoms with E-state index in [1.165, 1.54) is 22.7 Å². The van der Waals surface area contributed by atoms with Gasteiger partial charge >= 0.3 is 0 Å². The number of rotatable bonds is 7. The lowest BCUT2D eigenvalue weighted by atomic mass is 10.1. The highest BCUT2D eigenvalue weighted by atomic mass is 32.2. The molecule has 1 aromatic heterocycles. The predicted octanol–water partition coefficient (Wildman–Crippen LogP) is 3.94. The van der Waals surface area contributed by atoms with Gasteiger partial charge in [-0.15, -0.1) is 0 Å². The Morgan fingerprint density at radius 1 is 0.941 bits per heavy atom. The summed E-state index contributed by atoms with van der Waals surface area (Å²) in [6.45, 7) is 2.92. The number of aryl methyl sites for hydroxylation is 1. The standard InChI is InChI=1S/C25H27N3O5S/c1-18-11-12-20(34(31,32)28-13-5-2-6-14-28)16-22(18)25(30)27-23-10-4-3-9-21(23)24(29)26-17-19-8-7-15-33-19/h3-4,7-12,15-16H,2,5-6,13-14,17H2,1H3,(H,26,29)(H,27,30). The number of carbonyl (C=O) groups is 2. The van der Waals surface area contributed by atoms with E-state index in [1.54, 1.807) is 49.4 Å². The van der Waals surface area contributed by atoms with Gasteiger partial charge < -0.3 is 15.1 Å². The lowest BCUT2D eigenvalue weighted by Crippen LogP contribution is -2.35. The molecule has 0 spiro atoms. The van der Waals surface area contributed by atoms with Crippen molar-refractivity contribution < 1.29 is 22.4 Å². The first-order chi connectivity index (χ1) is 16.4. The molecule has 0 unspecified atom stereocenters. The van der Waals surface area contributed by atoms with Crippen molar-refractivity contribution in [3.05, 3.63) is 83.3 Å². The molecule has 1 aliphatic rings. The van der Waals surface area contributed by atoms with Crippen LogP contribution in [0.4, 0.5) is 5.69 Å². The van der Waals surface area contributed by atoms with Crippen LogP contribution in [0.5, 0.6) is 0 Å². The van der Waals surface area contributed by atoms with E-state index in [0.29, 0.717) is 30.1 Å². The molecule has 1 aliphatic heterocycles. The number of sulfonamides is 1. The normalized spacial score (nSPS) is 14.5. The van der Waals surface area contributed by atoms with Gasteiger partial charge in [0.2, 0.25) is 10.0 Å². The number of furan rings is 1. The van der Waals surface area contributed by atoms with Gasteiger partial charge in [0.05, 0.1) is 29.0 Å². The van der Waals surface area contributed by atoms with Gasteiger partial charge in [-0.25, -0.2) is 8.42 Å². The number of nitrogens with zero attached hydrogens (tertiary/aromatic N) is 1. The van der Waals surface area contributed by atoms with Crippen molar-refractivity contribution in [3.63, 3.8) is 0 Å². The van der Waals surface area contributed by atoms with Gasteiger partial charge in [-0.2, -0.15) is 4.31 Å². The lowest BCUT2D eigenvalue weighted by molar-refractivity contribution is 0.0949. The predicted molar refractivity (Wildman–Crippen MR) is 128 cm³/mol. The minimum atomic E-state index is -3.68. The van der Waals surface area contributed by atoms with Gasteiger partial charge in [0.15, 0.2) is 0 Å². The highest BCUT2D eigenvalue weighted by molar-refractivity contribution is 7.89. The van der Waals surface area contributed by atoms with Crippen molar-refractivity contribution >= 4 is 27.5 Å². The summed E-state index contributed by atoms with van der Waals surface area (Å²) in [5.74, 6) is -0.248. The fraction of sp³-hybridized carbons (Fsp3) is 0.280. The second-order valence-corrected chi connectivity index (χ2v) is 10.1. The zero-order valence-corrected chi connectivity index (χ0v) is 19.7. The Bertz CT molecular complexity index is 1280. The molecule has 4 rings (SSSR count). The fourth-order valence-electron chi connectivity index (χ4n) is 3.92. The van der Waals surface area contributed by atoms with E-state index in [0.717, 1.165) is 19.3 Å². The van der Waals surface area contributed by atoms with Crippen molar-refractivity contribution in [1.82, 2.24) is 9.62 Å². The van der Waals surface area contributed by atoms with E-state index in [4.69, 9.17) is 4.42 Å². The molecule has 0 bridgehead atoms. The Morgan fingerprint density at radius 3 is 2.44 bits per heavy atom. The van der Waals surface area contributed by atoms with Crippen LogP contribution in [-0.2, 0) is 16.6 Å². The number of piperidine rings is 1. The topological polar surface area (TPSA) is 109 Å². The molecule has 2 aromatic carbocycles. The Labute approximate surface area is 199 Å². The first-order valence-corrected chi connectivity index (χ1v) is 12.6. The molecular weight excluding hydrogens is 454 g/mol. The van der Waals surface area contributed by atoms with Crippen LogP contribution >= 0.6 is 0 Å². The van der Waals surface area contributed by atoms with Crippen LogP contribution in [0.3, 0.4) is 0 Å². The van der Waals surface area contributed by atoms with E-state index in [2.05, 4.69) is 10.6 Å². The molecule has 0 atom stereocenters. The fourth-order valence-corrected chi connectivity index (χ4v) is 5.46. The molecule has 1 saturated heterocycles. The van der Waals surface area contributed by atoms with Crippen LogP contribution < -0.4 is 10.6 Å². The minimum Gasteiger partial charge on any atom is -0.467 e. The first kappa shape index (κ1) is 23.7. The number of hydrogen-bond acceptors (Lipinski definition) is 5. The molecule has 34 heavy (non-hydrogen) atoms. The Kier molecular flexibility index (Phi) is 7.14. The van der Waals surface area contributed by atoms with E-state index >= 15 is 0 Å². The summed E-state index contributed by atoms with van der Waals surface area (Å²) in [6.07, 6.45) is 4.20. The van der Waals surface area contributed by atoms with Crippen LogP contribution in [-0.4, -0.2) is 37.6 Å². The molecule has 0 aliphatic carbocycles. The van der Waals surface area contributed by atoms with Crippen LogP contribution in [0.2, 0.25) is 0 Å². The second-order valence-electron chi connectivity index (χ2n) is 8.20. The van der Waals surface area contributed by atoms with Gasteiger partial charge in [-0.05, 0) is 61.7 Å². The number of para-hydroxylation sites is 1. The SMILES string of the molecule is Cc1ccc(S(=O)(=O)N2CCCCC2)cc1C(=O)Nc1ccccc1C(=O)NCc1ccco1. The molecule has 0 saturated carbocycles. The largest absolute Gasteiger partial charge is 0.467 e. The molecule has 9 heteroatoms. The summed E-state index contributed by atoms with van der Waals surface area (Å²) >= 11 is 0. The summed E-state index contributed by atoms with van der Waals surface area (Å²) in [5.41, 5.74) is 1.49. The van der Waals surface area contributed by atoms with Crippen molar-refractivity contribution in [2.24, 2.45) is 0 Å². The maximum absolute atomic E-state index is 13.1. The van der Waals surface area contributed by atoms with Crippen LogP contribution in [0.1, 0.15) is 51.3 Å². The maximum atomic E-state index is 13.1. The molecule has 2 heterocycles. The van der Waals surface area contributed by atoms with E-state index < -0.39 is 15.9 Å². The monoisotopic (exact) mass is 481 g/mol. The van der Waals surface area contributed by atoms with Crippen LogP contribution in [0.25, 0.3) is 0 Å². The summed E-state index contributed by atoms with van der Waals surface area (Å²) in [5, 5.41) is 5.53. The van der Waals surface area contributed by atoms with Gasteiger partial charge in [0, 0.05) is 18.7 Å². The van der Waals surface area contributed by atoms with Crippen LogP contribution in [0.15, 0.2) is 70.2 Å². The quantitative estimate of drug-likeness (QED) is 0.531. The average Bonchev–Trinajstić information content (AvgIpc) is 3.37. The maximum Gasteiger partial charge on any atom is 0.255 e. The number of amides is 2. The number of hydrogen-bond donors (Lipinski definition) is 2. The zero-order valence-electron chi connectivity index (χ0n) is 18.9. The first-order valence-electron chi connectivity index (χ1n) is 11.2. The van der Waals surface area contributed by atoms with E-state index in [9.17, 15) is 18.0 Å². The molecule has 0 radical (unpaired) electrons. The van der Waals surface area contributed by atoms with Crippen molar-refractivity contribution in [3.8, 4) is 0 Å². The van der Waals surface area contributed by atoms with Crippen molar-refractivity contribution in [1.29, 1.82) is 0 Å². The summed E-state index contributed by atoms with van der Waals surface area (Å²) in [7, 11) is -3.68. The molecule has 2 N–H and O–H groups in total. The lowest BCUT2D eigenvalue weighted by Gasteiger charge is -2.26. The third-order valence-electron chi connectivity index (χ3n) is 5.83. The number of carbonyl (C=O) groups excluding carboxylic acids is 2. The highest BCUT2D eigenvalue weighted by Crippen LogP contribution is 2.24. The molecule has 8 nitrogen and oxygen atoms in total. The summed E-state index contributed by atoms with van der Waals surface area (Å²) < 4.78 is 32.9. The molecule has 2 amide bonds. The third-order valence-corrected chi connectivity index (χ3v) is 7.72. The van der Waals surface area contributed by atoms with E-state index in [-0.39, 0.29) is 28.5 Å². The van der Waals surface area contributed by atoms with Gasteiger partial charge in [0.1, 0.15) is 5.76 Å². The Balaban J connectivity index is 1.54.